The van der Waals surface area contributed by atoms with Gasteiger partial charge in [-0.3, -0.25) is 4.40 Å². The second-order valence-electron chi connectivity index (χ2n) is 7.82. The first-order valence-corrected chi connectivity index (χ1v) is 9.69. The van der Waals surface area contributed by atoms with Gasteiger partial charge in [0.05, 0.1) is 6.61 Å². The summed E-state index contributed by atoms with van der Waals surface area (Å²) >= 11 is 1.66. The van der Waals surface area contributed by atoms with Crippen molar-refractivity contribution in [1.82, 2.24) is 9.38 Å². The molecule has 0 radical (unpaired) electrons. The van der Waals surface area contributed by atoms with E-state index < -0.39 is 0 Å². The Morgan fingerprint density at radius 2 is 1.96 bits per heavy atom. The summed E-state index contributed by atoms with van der Waals surface area (Å²) in [6, 6.07) is 0. The van der Waals surface area contributed by atoms with Crippen molar-refractivity contribution < 1.29 is 9.53 Å². The number of hydrogen-bond donors (Lipinski definition) is 0. The van der Waals surface area contributed by atoms with Gasteiger partial charge >= 0.3 is 5.97 Å². The fourth-order valence-electron chi connectivity index (χ4n) is 5.89. The number of hydrogen-bond acceptors (Lipinski definition) is 4. The molecule has 0 unspecified atom stereocenters. The van der Waals surface area contributed by atoms with Crippen molar-refractivity contribution in [3.63, 3.8) is 0 Å². The van der Waals surface area contributed by atoms with Crippen LogP contribution in [0.2, 0.25) is 0 Å². The van der Waals surface area contributed by atoms with E-state index in [-0.39, 0.29) is 5.97 Å². The molecular formula is C18H22N2O2S. The number of ether oxygens (including phenoxy) is 1. The van der Waals surface area contributed by atoms with Gasteiger partial charge in [-0.1, -0.05) is 0 Å². The van der Waals surface area contributed by atoms with Crippen LogP contribution in [0.15, 0.2) is 11.6 Å². The Bertz CT molecular complexity index is 740. The van der Waals surface area contributed by atoms with E-state index in [2.05, 4.69) is 14.8 Å². The van der Waals surface area contributed by atoms with Gasteiger partial charge in [-0.15, -0.1) is 11.3 Å². The summed E-state index contributed by atoms with van der Waals surface area (Å²) in [6.45, 7) is 2.23. The van der Waals surface area contributed by atoms with Gasteiger partial charge in [0.2, 0.25) is 0 Å². The molecule has 5 heteroatoms. The van der Waals surface area contributed by atoms with Gasteiger partial charge in [-0.05, 0) is 63.2 Å². The molecule has 2 aromatic rings. The molecule has 0 spiro atoms. The van der Waals surface area contributed by atoms with E-state index in [0.29, 0.717) is 17.7 Å². The number of aromatic nitrogens is 2. The minimum absolute atomic E-state index is 0.306. The van der Waals surface area contributed by atoms with Crippen molar-refractivity contribution in [1.29, 1.82) is 0 Å². The molecule has 2 heterocycles. The number of esters is 1. The van der Waals surface area contributed by atoms with Crippen LogP contribution in [0.25, 0.3) is 4.96 Å². The second kappa shape index (κ2) is 4.82. The van der Waals surface area contributed by atoms with Crippen molar-refractivity contribution in [2.75, 3.05) is 6.61 Å². The van der Waals surface area contributed by atoms with Crippen molar-refractivity contribution in [3.8, 4) is 0 Å². The number of nitrogens with zero attached hydrogens (tertiary/aromatic N) is 2. The van der Waals surface area contributed by atoms with Crippen LogP contribution in [0.1, 0.15) is 61.6 Å². The third kappa shape index (κ3) is 2.02. The monoisotopic (exact) mass is 330 g/mol. The molecule has 4 fully saturated rings. The summed E-state index contributed by atoms with van der Waals surface area (Å²) in [7, 11) is 0. The first-order chi connectivity index (χ1) is 11.2. The van der Waals surface area contributed by atoms with Crippen LogP contribution in [-0.2, 0) is 10.2 Å². The number of thiazole rings is 1. The van der Waals surface area contributed by atoms with Crippen LogP contribution < -0.4 is 0 Å². The largest absolute Gasteiger partial charge is 0.461 e. The smallest absolute Gasteiger partial charge is 0.358 e. The van der Waals surface area contributed by atoms with E-state index in [1.165, 1.54) is 44.2 Å². The zero-order chi connectivity index (χ0) is 15.6. The maximum Gasteiger partial charge on any atom is 0.358 e. The standard InChI is InChI=1S/C18H22N2O2S/c1-2-22-16(21)14-9-20-15(10-23-17(20)19-14)18-6-11-3-12(7-18)5-13(4-11)8-18/h9-13H,2-8H2,1H3. The van der Waals surface area contributed by atoms with Crippen molar-refractivity contribution in [2.45, 2.75) is 50.9 Å². The highest BCUT2D eigenvalue weighted by atomic mass is 32.1. The third-order valence-corrected chi connectivity index (χ3v) is 7.12. The third-order valence-electron chi connectivity index (χ3n) is 6.28. The Kier molecular flexibility index (Phi) is 2.94. The minimum atomic E-state index is -0.306. The Labute approximate surface area is 139 Å². The van der Waals surface area contributed by atoms with Gasteiger partial charge in [-0.25, -0.2) is 9.78 Å². The summed E-state index contributed by atoms with van der Waals surface area (Å²) in [4.78, 5) is 17.4. The maximum absolute atomic E-state index is 12.0. The van der Waals surface area contributed by atoms with E-state index >= 15 is 0 Å². The van der Waals surface area contributed by atoms with Crippen molar-refractivity contribution >= 4 is 22.3 Å². The molecular weight excluding hydrogens is 308 g/mol. The fraction of sp³-hybridized carbons (Fsp3) is 0.667. The molecule has 122 valence electrons. The van der Waals surface area contributed by atoms with Crippen LogP contribution in [0, 0.1) is 17.8 Å². The quantitative estimate of drug-likeness (QED) is 0.798. The predicted octanol–water partition coefficient (Wildman–Crippen LogP) is 4.04. The van der Waals surface area contributed by atoms with Gasteiger partial charge in [0.1, 0.15) is 0 Å². The Morgan fingerprint density at radius 3 is 2.57 bits per heavy atom. The number of rotatable bonds is 3. The van der Waals surface area contributed by atoms with E-state index in [1.54, 1.807) is 11.3 Å². The fourth-order valence-corrected chi connectivity index (χ4v) is 6.89. The van der Waals surface area contributed by atoms with Crippen molar-refractivity contribution in [2.24, 2.45) is 17.8 Å². The SMILES string of the molecule is CCOC(=O)c1cn2c(C34CC5CC(CC(C5)C3)C4)csc2n1. The zero-order valence-corrected chi connectivity index (χ0v) is 14.3. The number of fused-ring (bicyclic) bond motifs is 1. The molecule has 0 N–H and O–H groups in total. The lowest BCUT2D eigenvalue weighted by Crippen LogP contribution is -2.49. The highest BCUT2D eigenvalue weighted by Crippen LogP contribution is 2.60. The molecule has 2 aromatic heterocycles. The lowest BCUT2D eigenvalue weighted by Gasteiger charge is -2.56. The summed E-state index contributed by atoms with van der Waals surface area (Å²) in [5, 5.41) is 2.30. The van der Waals surface area contributed by atoms with Gasteiger partial charge in [0, 0.05) is 22.7 Å². The Morgan fingerprint density at radius 1 is 1.30 bits per heavy atom. The highest BCUT2D eigenvalue weighted by Gasteiger charge is 2.52. The highest BCUT2D eigenvalue weighted by molar-refractivity contribution is 7.15. The van der Waals surface area contributed by atoms with Gasteiger partial charge < -0.3 is 4.74 Å². The molecule has 0 aliphatic heterocycles. The Balaban J connectivity index is 1.56. The molecule has 4 nitrogen and oxygen atoms in total. The van der Waals surface area contributed by atoms with Gasteiger partial charge in [0.15, 0.2) is 10.7 Å². The molecule has 6 rings (SSSR count). The van der Waals surface area contributed by atoms with Crippen molar-refractivity contribution in [3.05, 3.63) is 23.0 Å². The maximum atomic E-state index is 12.0. The summed E-state index contributed by atoms with van der Waals surface area (Å²) < 4.78 is 7.29. The minimum Gasteiger partial charge on any atom is -0.461 e. The molecule has 0 saturated heterocycles. The molecule has 4 saturated carbocycles. The average molecular weight is 330 g/mol. The second-order valence-corrected chi connectivity index (χ2v) is 8.65. The number of carbonyl (C=O) groups excluding carboxylic acids is 1. The molecule has 4 aliphatic rings. The van der Waals surface area contributed by atoms with E-state index in [0.717, 1.165) is 22.7 Å². The normalized spacial score (nSPS) is 35.1. The van der Waals surface area contributed by atoms with Crippen LogP contribution >= 0.6 is 11.3 Å². The predicted molar refractivity (Wildman–Crippen MR) is 88.9 cm³/mol. The number of carbonyl (C=O) groups is 1. The molecule has 0 atom stereocenters. The van der Waals surface area contributed by atoms with Crippen LogP contribution in [-0.4, -0.2) is 22.0 Å². The lowest BCUT2D eigenvalue weighted by molar-refractivity contribution is -0.00746. The molecule has 0 aromatic carbocycles. The Hall–Kier alpha value is -1.36. The first-order valence-electron chi connectivity index (χ1n) is 8.81. The van der Waals surface area contributed by atoms with E-state index in [4.69, 9.17) is 4.74 Å². The number of imidazole rings is 1. The van der Waals surface area contributed by atoms with Crippen LogP contribution in [0.3, 0.4) is 0 Å². The summed E-state index contributed by atoms with van der Waals surface area (Å²) in [5.74, 6) is 2.46. The van der Waals surface area contributed by atoms with Crippen LogP contribution in [0.4, 0.5) is 0 Å². The summed E-state index contributed by atoms with van der Waals surface area (Å²) in [5.41, 5.74) is 2.18. The first kappa shape index (κ1) is 14.0. The molecule has 4 aliphatic carbocycles. The lowest BCUT2D eigenvalue weighted by atomic mass is 9.49. The van der Waals surface area contributed by atoms with E-state index in [1.807, 2.05) is 13.1 Å². The average Bonchev–Trinajstić information content (AvgIpc) is 3.05. The summed E-state index contributed by atoms with van der Waals surface area (Å²) in [6.07, 6.45) is 10.2. The van der Waals surface area contributed by atoms with Gasteiger partial charge in [0.25, 0.3) is 0 Å². The molecule has 0 amide bonds. The van der Waals surface area contributed by atoms with E-state index in [9.17, 15) is 4.79 Å². The molecule has 4 bridgehead atoms. The zero-order valence-electron chi connectivity index (χ0n) is 13.5. The van der Waals surface area contributed by atoms with Gasteiger partial charge in [-0.2, -0.15) is 0 Å². The van der Waals surface area contributed by atoms with Crippen LogP contribution in [0.5, 0.6) is 0 Å². The molecule has 23 heavy (non-hydrogen) atoms. The topological polar surface area (TPSA) is 43.6 Å².